The van der Waals surface area contributed by atoms with Gasteiger partial charge in [-0.2, -0.15) is 4.98 Å². The first-order valence-corrected chi connectivity index (χ1v) is 10.1. The number of nitrogens with zero attached hydrogens (tertiary/aromatic N) is 5. The molecule has 31 heavy (non-hydrogen) atoms. The van der Waals surface area contributed by atoms with Gasteiger partial charge in [0.2, 0.25) is 5.95 Å². The van der Waals surface area contributed by atoms with Crippen LogP contribution < -0.4 is 22.1 Å². The van der Waals surface area contributed by atoms with Crippen molar-refractivity contribution in [3.8, 4) is 5.69 Å². The number of amides is 1. The van der Waals surface area contributed by atoms with Gasteiger partial charge in [-0.15, -0.1) is 5.10 Å². The summed E-state index contributed by atoms with van der Waals surface area (Å²) in [5.41, 5.74) is 13.8. The smallest absolute Gasteiger partial charge is 0.254 e. The maximum atomic E-state index is 11.9. The van der Waals surface area contributed by atoms with E-state index in [9.17, 15) is 4.79 Å². The van der Waals surface area contributed by atoms with Gasteiger partial charge < -0.3 is 27.2 Å². The van der Waals surface area contributed by atoms with E-state index < -0.39 is 5.91 Å². The zero-order chi connectivity index (χ0) is 21.8. The van der Waals surface area contributed by atoms with Gasteiger partial charge in [0.25, 0.3) is 5.91 Å². The van der Waals surface area contributed by atoms with Crippen molar-refractivity contribution >= 4 is 23.4 Å². The average Bonchev–Trinajstić information content (AvgIpc) is 3.25. The van der Waals surface area contributed by atoms with Crippen LogP contribution in [0.4, 0.5) is 17.5 Å². The molecule has 1 amide bonds. The van der Waals surface area contributed by atoms with Crippen LogP contribution in [0.1, 0.15) is 41.7 Å². The summed E-state index contributed by atoms with van der Waals surface area (Å²) >= 11 is 0. The first-order valence-electron chi connectivity index (χ1n) is 10.1. The van der Waals surface area contributed by atoms with Crippen LogP contribution in [0, 0.1) is 0 Å². The van der Waals surface area contributed by atoms with E-state index in [2.05, 4.69) is 30.9 Å². The molecule has 11 heteroatoms. The van der Waals surface area contributed by atoms with Gasteiger partial charge in [-0.3, -0.25) is 4.79 Å². The van der Waals surface area contributed by atoms with E-state index in [0.29, 0.717) is 23.1 Å². The number of rotatable bonds is 7. The Morgan fingerprint density at radius 1 is 1.23 bits per heavy atom. The third-order valence-corrected chi connectivity index (χ3v) is 5.29. The van der Waals surface area contributed by atoms with Gasteiger partial charge in [0.1, 0.15) is 17.1 Å². The van der Waals surface area contributed by atoms with Gasteiger partial charge in [0.05, 0.1) is 18.5 Å². The lowest BCUT2D eigenvalue weighted by Crippen LogP contribution is -2.43. The van der Waals surface area contributed by atoms with Crippen molar-refractivity contribution in [3.05, 3.63) is 47.9 Å². The number of anilines is 3. The molecule has 162 valence electrons. The fraction of sp³-hybridized carbons (Fsp3) is 0.350. The Balaban J connectivity index is 1.53. The summed E-state index contributed by atoms with van der Waals surface area (Å²) < 4.78 is 1.56. The standard InChI is InChI=1S/C20H25N9O2/c21-16-3-1-2-4-17(16)25-20-23-9-15(18(22)31)19(26-20)24-12-5-7-14(8-6-12)29-10-13(11-30)27-28-29/h5-10,16-17,30H,1-4,11,21H2,(H2,22,31)(H2,23,24,25,26)/t16-,17+/m0/s1. The highest BCUT2D eigenvalue weighted by atomic mass is 16.3. The summed E-state index contributed by atoms with van der Waals surface area (Å²) in [4.78, 5) is 20.6. The van der Waals surface area contributed by atoms with Crippen molar-refractivity contribution in [2.45, 2.75) is 44.4 Å². The predicted octanol–water partition coefficient (Wildman–Crippen LogP) is 1.07. The SMILES string of the molecule is NC(=O)c1cnc(N[C@@H]2CCCC[C@@H]2N)nc1Nc1ccc(-n2cc(CO)nn2)cc1. The van der Waals surface area contributed by atoms with Crippen LogP contribution in [-0.4, -0.2) is 48.1 Å². The molecule has 1 fully saturated rings. The highest BCUT2D eigenvalue weighted by Gasteiger charge is 2.23. The Labute approximate surface area is 178 Å². The van der Waals surface area contributed by atoms with Crippen molar-refractivity contribution < 1.29 is 9.90 Å². The molecule has 1 saturated carbocycles. The van der Waals surface area contributed by atoms with Gasteiger partial charge in [-0.25, -0.2) is 9.67 Å². The summed E-state index contributed by atoms with van der Waals surface area (Å²) in [6.07, 6.45) is 7.19. The molecule has 0 saturated heterocycles. The second-order valence-corrected chi connectivity index (χ2v) is 7.50. The lowest BCUT2D eigenvalue weighted by atomic mass is 9.91. The fourth-order valence-electron chi connectivity index (χ4n) is 3.56. The molecular formula is C20H25N9O2. The van der Waals surface area contributed by atoms with Gasteiger partial charge in [-0.1, -0.05) is 18.1 Å². The van der Waals surface area contributed by atoms with Crippen LogP contribution in [0.3, 0.4) is 0 Å². The zero-order valence-corrected chi connectivity index (χ0v) is 16.9. The molecule has 0 radical (unpaired) electrons. The number of hydrogen-bond donors (Lipinski definition) is 5. The Kier molecular flexibility index (Phi) is 6.05. The summed E-state index contributed by atoms with van der Waals surface area (Å²) in [6.45, 7) is -0.175. The summed E-state index contributed by atoms with van der Waals surface area (Å²) in [5.74, 6) is 0.0789. The molecule has 0 spiro atoms. The number of carbonyl (C=O) groups excluding carboxylic acids is 1. The van der Waals surface area contributed by atoms with Crippen LogP contribution in [-0.2, 0) is 6.61 Å². The molecule has 1 aliphatic carbocycles. The third-order valence-electron chi connectivity index (χ3n) is 5.29. The Bertz CT molecular complexity index is 1050. The minimum Gasteiger partial charge on any atom is -0.390 e. The molecular weight excluding hydrogens is 398 g/mol. The van der Waals surface area contributed by atoms with E-state index in [1.807, 2.05) is 24.3 Å². The number of aromatic nitrogens is 5. The van der Waals surface area contributed by atoms with Gasteiger partial charge in [0.15, 0.2) is 0 Å². The minimum absolute atomic E-state index is 0.0419. The number of benzene rings is 1. The van der Waals surface area contributed by atoms with E-state index in [1.165, 1.54) is 6.20 Å². The van der Waals surface area contributed by atoms with Crippen LogP contribution >= 0.6 is 0 Å². The number of aliphatic hydroxyl groups is 1. The van der Waals surface area contributed by atoms with E-state index in [0.717, 1.165) is 31.4 Å². The Morgan fingerprint density at radius 2 is 2.00 bits per heavy atom. The van der Waals surface area contributed by atoms with E-state index in [-0.39, 0.29) is 24.3 Å². The maximum Gasteiger partial charge on any atom is 0.254 e. The largest absolute Gasteiger partial charge is 0.390 e. The number of primary amides is 1. The Morgan fingerprint density at radius 3 is 2.68 bits per heavy atom. The second-order valence-electron chi connectivity index (χ2n) is 7.50. The number of aliphatic hydroxyl groups excluding tert-OH is 1. The van der Waals surface area contributed by atoms with Gasteiger partial charge in [-0.05, 0) is 37.1 Å². The second kappa shape index (κ2) is 9.06. The lowest BCUT2D eigenvalue weighted by molar-refractivity contribution is 0.100. The molecule has 1 aromatic carbocycles. The van der Waals surface area contributed by atoms with Crippen molar-refractivity contribution in [1.29, 1.82) is 0 Å². The van der Waals surface area contributed by atoms with E-state index >= 15 is 0 Å². The first-order chi connectivity index (χ1) is 15.0. The van der Waals surface area contributed by atoms with Crippen LogP contribution in [0.25, 0.3) is 5.69 Å². The zero-order valence-electron chi connectivity index (χ0n) is 16.9. The maximum absolute atomic E-state index is 11.9. The molecule has 11 nitrogen and oxygen atoms in total. The molecule has 2 atom stereocenters. The highest BCUT2D eigenvalue weighted by Crippen LogP contribution is 2.23. The molecule has 3 aromatic rings. The highest BCUT2D eigenvalue weighted by molar-refractivity contribution is 5.98. The third kappa shape index (κ3) is 4.78. The first kappa shape index (κ1) is 20.7. The number of hydrogen-bond acceptors (Lipinski definition) is 9. The van der Waals surface area contributed by atoms with Crippen molar-refractivity contribution in [3.63, 3.8) is 0 Å². The number of nitrogens with two attached hydrogens (primary N) is 2. The summed E-state index contributed by atoms with van der Waals surface area (Å²) in [6, 6.07) is 7.40. The molecule has 4 rings (SSSR count). The monoisotopic (exact) mass is 423 g/mol. The van der Waals surface area contributed by atoms with Crippen molar-refractivity contribution in [1.82, 2.24) is 25.0 Å². The molecule has 7 N–H and O–H groups in total. The predicted molar refractivity (Wildman–Crippen MR) is 115 cm³/mol. The molecule has 1 aliphatic rings. The minimum atomic E-state index is -0.626. The molecule has 0 aliphatic heterocycles. The summed E-state index contributed by atoms with van der Waals surface area (Å²) in [7, 11) is 0. The molecule has 2 aromatic heterocycles. The number of nitrogens with one attached hydrogen (secondary N) is 2. The molecule has 0 bridgehead atoms. The van der Waals surface area contributed by atoms with Crippen molar-refractivity contribution in [2.75, 3.05) is 10.6 Å². The van der Waals surface area contributed by atoms with Crippen LogP contribution in [0.5, 0.6) is 0 Å². The fourth-order valence-corrected chi connectivity index (χ4v) is 3.56. The number of carbonyl (C=O) groups is 1. The molecule has 0 unspecified atom stereocenters. The van der Waals surface area contributed by atoms with Crippen LogP contribution in [0.15, 0.2) is 36.7 Å². The van der Waals surface area contributed by atoms with Crippen molar-refractivity contribution in [2.24, 2.45) is 11.5 Å². The topological polar surface area (TPSA) is 170 Å². The average molecular weight is 423 g/mol. The van der Waals surface area contributed by atoms with Crippen LogP contribution in [0.2, 0.25) is 0 Å². The van der Waals surface area contributed by atoms with E-state index in [1.54, 1.807) is 10.9 Å². The lowest BCUT2D eigenvalue weighted by Gasteiger charge is -2.29. The quantitative estimate of drug-likeness (QED) is 0.373. The van der Waals surface area contributed by atoms with E-state index in [4.69, 9.17) is 16.6 Å². The molecule has 2 heterocycles. The van der Waals surface area contributed by atoms with Gasteiger partial charge in [0, 0.05) is 24.0 Å². The summed E-state index contributed by atoms with van der Waals surface area (Å²) in [5, 5.41) is 23.4. The normalized spacial score (nSPS) is 18.5. The Hall–Kier alpha value is -3.57. The van der Waals surface area contributed by atoms with Gasteiger partial charge >= 0.3 is 0 Å².